The van der Waals surface area contributed by atoms with Crippen molar-refractivity contribution in [3.63, 3.8) is 0 Å². The second-order valence-corrected chi connectivity index (χ2v) is 19.9. The number of ether oxygens (including phenoxy) is 1. The van der Waals surface area contributed by atoms with Crippen molar-refractivity contribution < 1.29 is 55.0 Å². The van der Waals surface area contributed by atoms with Gasteiger partial charge in [0.1, 0.15) is 4.60 Å². The first-order chi connectivity index (χ1) is 27.6. The number of anilines is 1. The molecule has 3 amide bonds. The number of alkyl halides is 6. The molecule has 0 aliphatic carbocycles. The number of carbonyl (C=O) groups is 3. The summed E-state index contributed by atoms with van der Waals surface area (Å²) in [6.45, 7) is 7.69. The lowest BCUT2D eigenvalue weighted by atomic mass is 9.93. The Morgan fingerprint density at radius 3 is 1.85 bits per heavy atom. The highest BCUT2D eigenvalue weighted by atomic mass is 79.9. The van der Waals surface area contributed by atoms with Gasteiger partial charge in [0, 0.05) is 6.10 Å². The number of hydrazine groups is 1. The molecule has 0 spiro atoms. The van der Waals surface area contributed by atoms with Crippen LogP contribution in [0.4, 0.5) is 36.8 Å². The molecule has 59 heavy (non-hydrogen) atoms. The average Bonchev–Trinajstić information content (AvgIpc) is 3.17. The first kappa shape index (κ1) is 46.9. The molecule has 2 atom stereocenters. The second-order valence-electron chi connectivity index (χ2n) is 14.8. The van der Waals surface area contributed by atoms with Gasteiger partial charge in [-0.2, -0.15) is 26.3 Å². The molecule has 0 saturated carbocycles. The fourth-order valence-electron chi connectivity index (χ4n) is 6.77. The lowest BCUT2D eigenvalue weighted by Crippen LogP contribution is -2.67. The molecule has 1 heterocycles. The first-order valence-corrected chi connectivity index (χ1v) is 21.2. The zero-order valence-electron chi connectivity index (χ0n) is 32.6. The summed E-state index contributed by atoms with van der Waals surface area (Å²) in [5.41, 5.74) is -3.16. The number of rotatable bonds is 16. The Morgan fingerprint density at radius 2 is 1.36 bits per heavy atom. The van der Waals surface area contributed by atoms with E-state index in [1.54, 1.807) is 34.4 Å². The topological polar surface area (TPSA) is 139 Å². The number of halogens is 7. The molecular formula is C41H45BrF6N4O6Si. The maximum atomic E-state index is 15.1. The van der Waals surface area contributed by atoms with Crippen molar-refractivity contribution in [1.82, 2.24) is 15.8 Å². The molecule has 0 fully saturated rings. The molecule has 4 N–H and O–H groups in total. The van der Waals surface area contributed by atoms with Crippen LogP contribution in [0.5, 0.6) is 0 Å². The van der Waals surface area contributed by atoms with Gasteiger partial charge >= 0.3 is 18.4 Å². The molecule has 0 unspecified atom stereocenters. The van der Waals surface area contributed by atoms with Gasteiger partial charge in [0.05, 0.1) is 17.9 Å². The number of aromatic nitrogens is 1. The molecule has 318 valence electrons. The summed E-state index contributed by atoms with van der Waals surface area (Å²) in [7, 11) is -2.91. The van der Waals surface area contributed by atoms with Gasteiger partial charge in [-0.1, -0.05) is 125 Å². The monoisotopic (exact) mass is 910 g/mol. The van der Waals surface area contributed by atoms with Crippen LogP contribution < -0.4 is 26.5 Å². The van der Waals surface area contributed by atoms with E-state index in [-0.39, 0.29) is 30.1 Å². The summed E-state index contributed by atoms with van der Waals surface area (Å²) in [6, 6.07) is 28.0. The van der Waals surface area contributed by atoms with Crippen LogP contribution >= 0.6 is 15.9 Å². The minimum Gasteiger partial charge on any atom is -0.465 e. The van der Waals surface area contributed by atoms with Gasteiger partial charge in [0.25, 0.3) is 20.1 Å². The van der Waals surface area contributed by atoms with E-state index in [9.17, 15) is 27.6 Å². The number of amides is 3. The third-order valence-corrected chi connectivity index (χ3v) is 15.4. The molecule has 0 aliphatic heterocycles. The fraction of sp³-hybridized carbons (Fsp3) is 0.366. The lowest BCUT2D eigenvalue weighted by molar-refractivity contribution is -0.273. The molecule has 18 heteroatoms. The van der Waals surface area contributed by atoms with Crippen LogP contribution in [0.2, 0.25) is 5.04 Å². The van der Waals surface area contributed by atoms with Crippen LogP contribution in [0.15, 0.2) is 102 Å². The van der Waals surface area contributed by atoms with Crippen molar-refractivity contribution in [3.05, 3.63) is 118 Å². The van der Waals surface area contributed by atoms with Crippen LogP contribution in [-0.4, -0.2) is 54.2 Å². The molecule has 3 aromatic carbocycles. The Bertz CT molecular complexity index is 2000. The van der Waals surface area contributed by atoms with Gasteiger partial charge in [0.2, 0.25) is 5.60 Å². The van der Waals surface area contributed by atoms with Crippen molar-refractivity contribution in [3.8, 4) is 0 Å². The highest BCUT2D eigenvalue weighted by Gasteiger charge is 2.61. The number of pyridine rings is 1. The third kappa shape index (κ3) is 11.5. The van der Waals surface area contributed by atoms with Crippen molar-refractivity contribution in [2.45, 2.75) is 95.5 Å². The van der Waals surface area contributed by atoms with Gasteiger partial charge in [-0.05, 0) is 69.2 Å². The Kier molecular flexibility index (Phi) is 15.5. The number of hydrogen-bond donors (Lipinski definition) is 4. The standard InChI is InChI=1S/C41H45BrF6N4O6Si/c1-27(58-59(38(2,3)4,29-20-12-6-13-21-29)30-22-14-7-15-23-30)17-9-8-16-24-39(41(46,47)48,57-26-28-18-10-5-11-19-28)36(54)52-51-35(53)33-32(49-37(55)56)25-31(34(42)50-33)40(43,44)45/h5-7,10-15,18-23,25,27,49H,8-9,16-17,24,26H2,1-4H3,(H,51,53)(H,52,54)(H,55,56)/t27-,39+/m0/s1. The number of hydrogen-bond acceptors (Lipinski definition) is 6. The van der Waals surface area contributed by atoms with Crippen molar-refractivity contribution in [2.75, 3.05) is 5.32 Å². The SMILES string of the molecule is C[C@@H](CCCCC[C@@](OCc1ccccc1)(C(=O)NNC(=O)c1nc(Br)c(C(F)(F)F)cc1NC(=O)O)C(F)(F)F)O[Si](c1ccccc1)(c1ccccc1)C(C)(C)C. The number of nitrogens with one attached hydrogen (secondary N) is 3. The van der Waals surface area contributed by atoms with Crippen LogP contribution in [0, 0.1) is 0 Å². The number of benzene rings is 3. The van der Waals surface area contributed by atoms with E-state index in [2.05, 4.69) is 66.0 Å². The summed E-state index contributed by atoms with van der Waals surface area (Å²) in [5.74, 6) is -3.35. The van der Waals surface area contributed by atoms with Crippen LogP contribution in [-0.2, 0) is 26.7 Å². The first-order valence-electron chi connectivity index (χ1n) is 18.5. The summed E-state index contributed by atoms with van der Waals surface area (Å²) < 4.78 is 97.5. The molecule has 4 rings (SSSR count). The van der Waals surface area contributed by atoms with Crippen LogP contribution in [0.25, 0.3) is 0 Å². The maximum Gasteiger partial charge on any atom is 0.426 e. The molecule has 0 radical (unpaired) electrons. The average molecular weight is 912 g/mol. The van der Waals surface area contributed by atoms with Crippen LogP contribution in [0.3, 0.4) is 0 Å². The molecule has 0 saturated heterocycles. The van der Waals surface area contributed by atoms with E-state index in [0.29, 0.717) is 18.4 Å². The molecule has 10 nitrogen and oxygen atoms in total. The lowest BCUT2D eigenvalue weighted by Gasteiger charge is -2.44. The highest BCUT2D eigenvalue weighted by Crippen LogP contribution is 2.41. The predicted octanol–water partition coefficient (Wildman–Crippen LogP) is 9.15. The van der Waals surface area contributed by atoms with E-state index in [4.69, 9.17) is 14.3 Å². The zero-order valence-corrected chi connectivity index (χ0v) is 35.2. The van der Waals surface area contributed by atoms with Gasteiger partial charge in [0.15, 0.2) is 5.69 Å². The normalized spacial score (nSPS) is 13.9. The number of carbonyl (C=O) groups excluding carboxylic acids is 2. The quantitative estimate of drug-likeness (QED) is 0.0289. The van der Waals surface area contributed by atoms with E-state index in [0.717, 1.165) is 10.4 Å². The van der Waals surface area contributed by atoms with Crippen molar-refractivity contribution >= 4 is 58.2 Å². The summed E-state index contributed by atoms with van der Waals surface area (Å²) in [5, 5.41) is 12.6. The molecule has 1 aromatic heterocycles. The molecule has 0 aliphatic rings. The zero-order chi connectivity index (χ0) is 43.6. The van der Waals surface area contributed by atoms with Gasteiger partial charge in [-0.3, -0.25) is 25.8 Å². The van der Waals surface area contributed by atoms with E-state index >= 15 is 13.2 Å². The Balaban J connectivity index is 1.54. The van der Waals surface area contributed by atoms with E-state index in [1.165, 1.54) is 12.1 Å². The highest BCUT2D eigenvalue weighted by molar-refractivity contribution is 9.10. The summed E-state index contributed by atoms with van der Waals surface area (Å²) in [6.07, 6.45) is -12.4. The summed E-state index contributed by atoms with van der Waals surface area (Å²) in [4.78, 5) is 41.4. The largest absolute Gasteiger partial charge is 0.465 e. The minimum atomic E-state index is -5.33. The minimum absolute atomic E-state index is 0.151. The Hall–Kier alpha value is -4.78. The van der Waals surface area contributed by atoms with Crippen LogP contribution in [0.1, 0.15) is 81.4 Å². The van der Waals surface area contributed by atoms with E-state index in [1.807, 2.05) is 43.3 Å². The third-order valence-electron chi connectivity index (χ3n) is 9.61. The number of unbranched alkanes of at least 4 members (excludes halogenated alkanes) is 2. The maximum absolute atomic E-state index is 15.1. The predicted molar refractivity (Wildman–Crippen MR) is 215 cm³/mol. The van der Waals surface area contributed by atoms with E-state index < -0.39 is 78.8 Å². The molecule has 0 bridgehead atoms. The van der Waals surface area contributed by atoms with Gasteiger partial charge < -0.3 is 14.3 Å². The Labute approximate surface area is 347 Å². The number of nitrogens with zero attached hydrogens (tertiary/aromatic N) is 1. The number of carboxylic acid groups (broad SMARTS) is 1. The van der Waals surface area contributed by atoms with Gasteiger partial charge in [-0.25, -0.2) is 9.78 Å². The fourth-order valence-corrected chi connectivity index (χ4v) is 12.0. The van der Waals surface area contributed by atoms with Crippen molar-refractivity contribution in [1.29, 1.82) is 0 Å². The Morgan fingerprint density at radius 1 is 0.814 bits per heavy atom. The molecule has 4 aromatic rings. The smallest absolute Gasteiger partial charge is 0.426 e. The van der Waals surface area contributed by atoms with Gasteiger partial charge in [-0.15, -0.1) is 0 Å². The summed E-state index contributed by atoms with van der Waals surface area (Å²) >= 11 is 2.58. The second kappa shape index (κ2) is 19.5. The molecular weight excluding hydrogens is 866 g/mol. The van der Waals surface area contributed by atoms with Crippen molar-refractivity contribution in [2.24, 2.45) is 0 Å².